The zero-order chi connectivity index (χ0) is 10.6. The van der Waals surface area contributed by atoms with Crippen molar-refractivity contribution in [3.63, 3.8) is 0 Å². The number of hydrogen-bond donors (Lipinski definition) is 1. The van der Waals surface area contributed by atoms with Gasteiger partial charge >= 0.3 is 0 Å². The predicted octanol–water partition coefficient (Wildman–Crippen LogP) is 2.52. The molecule has 0 aliphatic heterocycles. The molecular weight excluding hydrogens is 180 g/mol. The Bertz CT molecular complexity index is 256. The second-order valence-corrected chi connectivity index (χ2v) is 3.56. The van der Waals surface area contributed by atoms with Crippen molar-refractivity contribution in [2.75, 3.05) is 6.61 Å². The Labute approximate surface area is 84.7 Å². The molecule has 14 heavy (non-hydrogen) atoms. The fourth-order valence-corrected chi connectivity index (χ4v) is 1.49. The van der Waals surface area contributed by atoms with Gasteiger partial charge in [0.15, 0.2) is 0 Å². The molecule has 1 rings (SSSR count). The van der Waals surface area contributed by atoms with E-state index in [4.69, 9.17) is 9.15 Å². The Hall–Kier alpha value is -0.800. The van der Waals surface area contributed by atoms with Gasteiger partial charge in [0.1, 0.15) is 6.10 Å². The lowest BCUT2D eigenvalue weighted by molar-refractivity contribution is -0.113. The third-order valence-corrected chi connectivity index (χ3v) is 2.61. The van der Waals surface area contributed by atoms with Crippen molar-refractivity contribution < 1.29 is 14.3 Å². The Morgan fingerprint density at radius 2 is 2.29 bits per heavy atom. The molecule has 2 atom stereocenters. The highest BCUT2D eigenvalue weighted by atomic mass is 16.5. The van der Waals surface area contributed by atoms with Crippen molar-refractivity contribution in [1.82, 2.24) is 0 Å². The van der Waals surface area contributed by atoms with E-state index >= 15 is 0 Å². The standard InChI is InChI=1S/C11H18O3/c1-4-11(3,14-5-2)10(12)9-6-7-13-8-9/h6-8,10,12H,4-5H2,1-3H3. The van der Waals surface area contributed by atoms with Crippen LogP contribution in [0.2, 0.25) is 0 Å². The minimum absolute atomic E-state index is 0.529. The third kappa shape index (κ3) is 2.16. The molecule has 1 aromatic heterocycles. The number of aliphatic hydroxyl groups is 1. The van der Waals surface area contributed by atoms with E-state index in [1.165, 1.54) is 0 Å². The maximum absolute atomic E-state index is 10.1. The molecule has 2 unspecified atom stereocenters. The zero-order valence-electron chi connectivity index (χ0n) is 8.99. The van der Waals surface area contributed by atoms with E-state index in [1.54, 1.807) is 18.6 Å². The first-order valence-corrected chi connectivity index (χ1v) is 4.98. The van der Waals surface area contributed by atoms with Crippen LogP contribution in [-0.2, 0) is 4.74 Å². The monoisotopic (exact) mass is 198 g/mol. The van der Waals surface area contributed by atoms with Gasteiger partial charge in [0, 0.05) is 12.2 Å². The summed E-state index contributed by atoms with van der Waals surface area (Å²) in [5, 5.41) is 10.1. The van der Waals surface area contributed by atoms with Gasteiger partial charge in [0.05, 0.1) is 18.1 Å². The van der Waals surface area contributed by atoms with Gasteiger partial charge in [0.25, 0.3) is 0 Å². The summed E-state index contributed by atoms with van der Waals surface area (Å²) in [6.07, 6.45) is 3.23. The van der Waals surface area contributed by atoms with E-state index in [0.717, 1.165) is 12.0 Å². The van der Waals surface area contributed by atoms with Crippen LogP contribution in [0.5, 0.6) is 0 Å². The predicted molar refractivity (Wildman–Crippen MR) is 54.0 cm³/mol. The van der Waals surface area contributed by atoms with Crippen LogP contribution >= 0.6 is 0 Å². The Kier molecular flexibility index (Phi) is 3.72. The number of ether oxygens (including phenoxy) is 1. The second-order valence-electron chi connectivity index (χ2n) is 3.56. The summed E-state index contributed by atoms with van der Waals surface area (Å²) in [6, 6.07) is 1.76. The lowest BCUT2D eigenvalue weighted by atomic mass is 9.91. The van der Waals surface area contributed by atoms with Crippen LogP contribution < -0.4 is 0 Å². The van der Waals surface area contributed by atoms with E-state index in [0.29, 0.717) is 6.61 Å². The Balaban J connectivity index is 2.79. The number of hydrogen-bond acceptors (Lipinski definition) is 3. The van der Waals surface area contributed by atoms with Gasteiger partial charge in [-0.15, -0.1) is 0 Å². The molecule has 3 nitrogen and oxygen atoms in total. The molecule has 0 aromatic carbocycles. The molecule has 0 saturated carbocycles. The first-order chi connectivity index (χ1) is 6.64. The lowest BCUT2D eigenvalue weighted by Crippen LogP contribution is -2.35. The van der Waals surface area contributed by atoms with Gasteiger partial charge in [-0.2, -0.15) is 0 Å². The molecule has 0 aliphatic carbocycles. The first kappa shape index (κ1) is 11.3. The Morgan fingerprint density at radius 1 is 1.57 bits per heavy atom. The quantitative estimate of drug-likeness (QED) is 0.790. The van der Waals surface area contributed by atoms with Gasteiger partial charge in [-0.25, -0.2) is 0 Å². The summed E-state index contributed by atoms with van der Waals surface area (Å²) in [6.45, 7) is 6.43. The van der Waals surface area contributed by atoms with E-state index in [2.05, 4.69) is 0 Å². The zero-order valence-corrected chi connectivity index (χ0v) is 8.99. The van der Waals surface area contributed by atoms with Crippen molar-refractivity contribution >= 4 is 0 Å². The van der Waals surface area contributed by atoms with Crippen molar-refractivity contribution in [2.45, 2.75) is 38.9 Å². The van der Waals surface area contributed by atoms with Crippen LogP contribution in [0.15, 0.2) is 23.0 Å². The number of aliphatic hydroxyl groups excluding tert-OH is 1. The molecule has 0 amide bonds. The summed E-state index contributed by atoms with van der Waals surface area (Å²) >= 11 is 0. The molecule has 0 saturated heterocycles. The van der Waals surface area contributed by atoms with Crippen molar-refractivity contribution in [1.29, 1.82) is 0 Å². The average molecular weight is 198 g/mol. The molecule has 0 radical (unpaired) electrons. The maximum Gasteiger partial charge on any atom is 0.111 e. The molecule has 0 aliphatic rings. The van der Waals surface area contributed by atoms with Crippen LogP contribution in [-0.4, -0.2) is 17.3 Å². The van der Waals surface area contributed by atoms with Gasteiger partial charge in [-0.05, 0) is 26.3 Å². The van der Waals surface area contributed by atoms with E-state index in [1.807, 2.05) is 20.8 Å². The molecule has 1 N–H and O–H groups in total. The molecule has 0 spiro atoms. The highest BCUT2D eigenvalue weighted by molar-refractivity contribution is 5.13. The third-order valence-electron chi connectivity index (χ3n) is 2.61. The van der Waals surface area contributed by atoms with E-state index in [-0.39, 0.29) is 0 Å². The maximum atomic E-state index is 10.1. The van der Waals surface area contributed by atoms with E-state index in [9.17, 15) is 5.11 Å². The van der Waals surface area contributed by atoms with Crippen LogP contribution in [0.25, 0.3) is 0 Å². The number of furan rings is 1. The van der Waals surface area contributed by atoms with Gasteiger partial charge in [-0.1, -0.05) is 6.92 Å². The van der Waals surface area contributed by atoms with Crippen molar-refractivity contribution in [3.05, 3.63) is 24.2 Å². The van der Waals surface area contributed by atoms with Crippen LogP contribution in [0.3, 0.4) is 0 Å². The van der Waals surface area contributed by atoms with Crippen LogP contribution in [0.1, 0.15) is 38.9 Å². The fourth-order valence-electron chi connectivity index (χ4n) is 1.49. The first-order valence-electron chi connectivity index (χ1n) is 4.98. The average Bonchev–Trinajstić information content (AvgIpc) is 2.69. The summed E-state index contributed by atoms with van der Waals surface area (Å²) in [7, 11) is 0. The number of rotatable bonds is 5. The largest absolute Gasteiger partial charge is 0.472 e. The summed E-state index contributed by atoms with van der Waals surface area (Å²) in [5.74, 6) is 0. The summed E-state index contributed by atoms with van der Waals surface area (Å²) in [5.41, 5.74) is 0.237. The second kappa shape index (κ2) is 4.62. The molecule has 3 heteroatoms. The lowest BCUT2D eigenvalue weighted by Gasteiger charge is -2.32. The van der Waals surface area contributed by atoms with Crippen molar-refractivity contribution in [2.24, 2.45) is 0 Å². The minimum Gasteiger partial charge on any atom is -0.472 e. The summed E-state index contributed by atoms with van der Waals surface area (Å²) in [4.78, 5) is 0. The Morgan fingerprint density at radius 3 is 2.71 bits per heavy atom. The highest BCUT2D eigenvalue weighted by Crippen LogP contribution is 2.32. The summed E-state index contributed by atoms with van der Waals surface area (Å²) < 4.78 is 10.5. The molecule has 80 valence electrons. The molecule has 0 fully saturated rings. The van der Waals surface area contributed by atoms with Gasteiger partial charge < -0.3 is 14.3 Å². The highest BCUT2D eigenvalue weighted by Gasteiger charge is 2.33. The smallest absolute Gasteiger partial charge is 0.111 e. The van der Waals surface area contributed by atoms with Gasteiger partial charge in [-0.3, -0.25) is 0 Å². The topological polar surface area (TPSA) is 42.6 Å². The van der Waals surface area contributed by atoms with Crippen molar-refractivity contribution in [3.8, 4) is 0 Å². The van der Waals surface area contributed by atoms with Crippen LogP contribution in [0.4, 0.5) is 0 Å². The fraction of sp³-hybridized carbons (Fsp3) is 0.636. The molecule has 1 aromatic rings. The molecule has 1 heterocycles. The normalized spacial score (nSPS) is 17.7. The molecular formula is C11H18O3. The molecule has 0 bridgehead atoms. The SMILES string of the molecule is CCOC(C)(CC)C(O)c1ccoc1. The van der Waals surface area contributed by atoms with Crippen LogP contribution in [0, 0.1) is 0 Å². The van der Waals surface area contributed by atoms with Gasteiger partial charge in [0.2, 0.25) is 0 Å². The van der Waals surface area contributed by atoms with E-state index < -0.39 is 11.7 Å². The minimum atomic E-state index is -0.633.